The Morgan fingerprint density at radius 2 is 1.70 bits per heavy atom. The van der Waals surface area contributed by atoms with Gasteiger partial charge in [-0.05, 0) is 52.4 Å². The molecule has 2 bridgehead atoms. The number of piperidine rings is 1. The molecule has 1 amide bonds. The van der Waals surface area contributed by atoms with Crippen LogP contribution in [-0.2, 0) is 14.2 Å². The van der Waals surface area contributed by atoms with E-state index in [4.69, 9.17) is 14.2 Å². The SMILES string of the molecule is CC(C)(C)OC(=O)N1C2COCC1CC(O)(C1CCOCC1)C2. The number of morpholine rings is 1. The molecule has 3 heterocycles. The number of fused-ring (bicyclic) bond motifs is 2. The van der Waals surface area contributed by atoms with E-state index in [1.54, 1.807) is 0 Å². The number of rotatable bonds is 1. The second kappa shape index (κ2) is 6.22. The van der Waals surface area contributed by atoms with Crippen LogP contribution in [0.1, 0.15) is 46.5 Å². The van der Waals surface area contributed by atoms with Crippen LogP contribution in [0.15, 0.2) is 0 Å². The van der Waals surface area contributed by atoms with Gasteiger partial charge in [0.2, 0.25) is 0 Å². The first-order chi connectivity index (χ1) is 10.8. The summed E-state index contributed by atoms with van der Waals surface area (Å²) in [5.41, 5.74) is -1.23. The maximum atomic E-state index is 12.6. The van der Waals surface area contributed by atoms with Crippen molar-refractivity contribution < 1.29 is 24.1 Å². The molecule has 6 heteroatoms. The molecule has 3 rings (SSSR count). The van der Waals surface area contributed by atoms with E-state index in [0.29, 0.717) is 39.3 Å². The fourth-order valence-corrected chi connectivity index (χ4v) is 4.19. The predicted octanol–water partition coefficient (Wildman–Crippen LogP) is 1.94. The summed E-state index contributed by atoms with van der Waals surface area (Å²) in [6, 6.07) is -0.213. The number of aliphatic hydroxyl groups is 1. The van der Waals surface area contributed by atoms with E-state index in [0.717, 1.165) is 12.8 Å². The molecule has 0 saturated carbocycles. The van der Waals surface area contributed by atoms with Gasteiger partial charge in [0.1, 0.15) is 5.60 Å². The standard InChI is InChI=1S/C17H29NO5/c1-16(2,3)23-15(19)18-13-8-17(20,9-14(18)11-22-10-13)12-4-6-21-7-5-12/h12-14,20H,4-11H2,1-3H3. The summed E-state index contributed by atoms with van der Waals surface area (Å²) in [5, 5.41) is 11.2. The van der Waals surface area contributed by atoms with Crippen molar-refractivity contribution in [2.45, 2.75) is 69.7 Å². The summed E-state index contributed by atoms with van der Waals surface area (Å²) in [4.78, 5) is 14.4. The van der Waals surface area contributed by atoms with Crippen LogP contribution in [0.5, 0.6) is 0 Å². The van der Waals surface area contributed by atoms with Gasteiger partial charge in [-0.15, -0.1) is 0 Å². The molecule has 132 valence electrons. The third-order valence-electron chi connectivity index (χ3n) is 5.17. The van der Waals surface area contributed by atoms with Gasteiger partial charge in [-0.1, -0.05) is 0 Å². The molecule has 2 atom stereocenters. The van der Waals surface area contributed by atoms with Gasteiger partial charge in [0, 0.05) is 13.2 Å². The summed E-state index contributed by atoms with van der Waals surface area (Å²) in [7, 11) is 0. The van der Waals surface area contributed by atoms with Gasteiger partial charge >= 0.3 is 6.09 Å². The molecule has 23 heavy (non-hydrogen) atoms. The molecule has 0 aromatic heterocycles. The van der Waals surface area contributed by atoms with Gasteiger partial charge in [-0.2, -0.15) is 0 Å². The molecule has 2 unspecified atom stereocenters. The van der Waals surface area contributed by atoms with Crippen LogP contribution in [0, 0.1) is 5.92 Å². The van der Waals surface area contributed by atoms with E-state index in [1.165, 1.54) is 0 Å². The Balaban J connectivity index is 1.73. The molecule has 3 aliphatic heterocycles. The number of amides is 1. The molecule has 0 aliphatic carbocycles. The largest absolute Gasteiger partial charge is 0.444 e. The summed E-state index contributed by atoms with van der Waals surface area (Å²) in [6.07, 6.45) is 2.62. The van der Waals surface area contributed by atoms with Gasteiger partial charge in [-0.25, -0.2) is 4.79 Å². The van der Waals surface area contributed by atoms with E-state index in [2.05, 4.69) is 0 Å². The number of ether oxygens (including phenoxy) is 3. The molecule has 0 aromatic rings. The minimum absolute atomic E-state index is 0.106. The van der Waals surface area contributed by atoms with Crippen LogP contribution >= 0.6 is 0 Å². The molecule has 3 aliphatic rings. The van der Waals surface area contributed by atoms with Crippen molar-refractivity contribution in [3.8, 4) is 0 Å². The Hall–Kier alpha value is -0.850. The maximum absolute atomic E-state index is 12.6. The first-order valence-electron chi connectivity index (χ1n) is 8.68. The highest BCUT2D eigenvalue weighted by Gasteiger charge is 2.52. The van der Waals surface area contributed by atoms with E-state index < -0.39 is 11.2 Å². The van der Waals surface area contributed by atoms with Gasteiger partial charge in [-0.3, -0.25) is 4.90 Å². The smallest absolute Gasteiger partial charge is 0.410 e. The van der Waals surface area contributed by atoms with Crippen molar-refractivity contribution in [3.05, 3.63) is 0 Å². The first kappa shape index (κ1) is 17.0. The van der Waals surface area contributed by atoms with Crippen LogP contribution in [0.3, 0.4) is 0 Å². The zero-order chi connectivity index (χ0) is 16.7. The monoisotopic (exact) mass is 327 g/mol. The highest BCUT2D eigenvalue weighted by molar-refractivity contribution is 5.69. The molecule has 1 N–H and O–H groups in total. The Kier molecular flexibility index (Phi) is 4.60. The lowest BCUT2D eigenvalue weighted by atomic mass is 9.71. The average Bonchev–Trinajstić information content (AvgIpc) is 2.45. The van der Waals surface area contributed by atoms with Crippen molar-refractivity contribution in [2.75, 3.05) is 26.4 Å². The lowest BCUT2D eigenvalue weighted by molar-refractivity contribution is -0.167. The summed E-state index contributed by atoms with van der Waals surface area (Å²) in [6.45, 7) is 8.00. The number of hydrogen-bond acceptors (Lipinski definition) is 5. The van der Waals surface area contributed by atoms with Crippen molar-refractivity contribution in [1.29, 1.82) is 0 Å². The van der Waals surface area contributed by atoms with E-state index in [9.17, 15) is 9.90 Å². The van der Waals surface area contributed by atoms with Gasteiger partial charge < -0.3 is 19.3 Å². The minimum atomic E-state index is -0.721. The van der Waals surface area contributed by atoms with Crippen molar-refractivity contribution in [3.63, 3.8) is 0 Å². The Labute approximate surface area is 138 Å². The van der Waals surface area contributed by atoms with Crippen LogP contribution < -0.4 is 0 Å². The van der Waals surface area contributed by atoms with Crippen molar-refractivity contribution in [1.82, 2.24) is 4.90 Å². The normalized spacial score (nSPS) is 35.9. The molecule has 0 aromatic carbocycles. The molecule has 3 fully saturated rings. The summed E-state index contributed by atoms with van der Waals surface area (Å²) in [5.74, 6) is 0.250. The first-order valence-corrected chi connectivity index (χ1v) is 8.68. The van der Waals surface area contributed by atoms with E-state index in [-0.39, 0.29) is 24.1 Å². The lowest BCUT2D eigenvalue weighted by Crippen LogP contribution is -2.65. The van der Waals surface area contributed by atoms with Crippen LogP contribution in [0.25, 0.3) is 0 Å². The van der Waals surface area contributed by atoms with Crippen molar-refractivity contribution >= 4 is 6.09 Å². The Morgan fingerprint density at radius 3 is 2.22 bits per heavy atom. The maximum Gasteiger partial charge on any atom is 0.410 e. The van der Waals surface area contributed by atoms with Crippen LogP contribution in [0.2, 0.25) is 0 Å². The van der Waals surface area contributed by atoms with Gasteiger partial charge in [0.25, 0.3) is 0 Å². The average molecular weight is 327 g/mol. The molecular formula is C17H29NO5. The lowest BCUT2D eigenvalue weighted by Gasteiger charge is -2.53. The predicted molar refractivity (Wildman–Crippen MR) is 84.2 cm³/mol. The highest BCUT2D eigenvalue weighted by atomic mass is 16.6. The Morgan fingerprint density at radius 1 is 1.13 bits per heavy atom. The zero-order valence-electron chi connectivity index (χ0n) is 14.4. The fraction of sp³-hybridized carbons (Fsp3) is 0.941. The molecule has 6 nitrogen and oxygen atoms in total. The molecular weight excluding hydrogens is 298 g/mol. The minimum Gasteiger partial charge on any atom is -0.444 e. The fourth-order valence-electron chi connectivity index (χ4n) is 4.19. The second-order valence-electron chi connectivity index (χ2n) is 8.13. The zero-order valence-corrected chi connectivity index (χ0v) is 14.4. The topological polar surface area (TPSA) is 68.2 Å². The van der Waals surface area contributed by atoms with Gasteiger partial charge in [0.15, 0.2) is 0 Å². The van der Waals surface area contributed by atoms with Crippen LogP contribution in [0.4, 0.5) is 4.79 Å². The number of carbonyl (C=O) groups is 1. The van der Waals surface area contributed by atoms with E-state index in [1.807, 2.05) is 25.7 Å². The quantitative estimate of drug-likeness (QED) is 0.797. The number of carbonyl (C=O) groups excluding carboxylic acids is 1. The third-order valence-corrected chi connectivity index (χ3v) is 5.17. The summed E-state index contributed by atoms with van der Waals surface area (Å²) >= 11 is 0. The van der Waals surface area contributed by atoms with E-state index >= 15 is 0 Å². The molecule has 3 saturated heterocycles. The molecule has 0 radical (unpaired) electrons. The van der Waals surface area contributed by atoms with Crippen molar-refractivity contribution in [2.24, 2.45) is 5.92 Å². The number of nitrogens with zero attached hydrogens (tertiary/aromatic N) is 1. The number of hydrogen-bond donors (Lipinski definition) is 1. The van der Waals surface area contributed by atoms with Gasteiger partial charge in [0.05, 0.1) is 30.9 Å². The Bertz CT molecular complexity index is 427. The molecule has 0 spiro atoms. The van der Waals surface area contributed by atoms with Crippen LogP contribution in [-0.4, -0.2) is 65.8 Å². The second-order valence-corrected chi connectivity index (χ2v) is 8.13. The highest BCUT2D eigenvalue weighted by Crippen LogP contribution is 2.42. The summed E-state index contributed by atoms with van der Waals surface area (Å²) < 4.78 is 16.6. The third kappa shape index (κ3) is 3.64.